The Hall–Kier alpha value is -2.34. The van der Waals surface area contributed by atoms with E-state index in [9.17, 15) is 4.79 Å². The molecule has 170 valence electrons. The van der Waals surface area contributed by atoms with Crippen molar-refractivity contribution < 1.29 is 14.1 Å². The molecule has 0 spiro atoms. The van der Waals surface area contributed by atoms with Gasteiger partial charge in [-0.25, -0.2) is 0 Å². The van der Waals surface area contributed by atoms with Gasteiger partial charge in [-0.05, 0) is 18.8 Å². The van der Waals surface area contributed by atoms with Gasteiger partial charge < -0.3 is 19.1 Å². The minimum Gasteiger partial charge on any atom is -0.383 e. The first-order valence-corrected chi connectivity index (χ1v) is 11.5. The molecule has 6 nitrogen and oxygen atoms in total. The zero-order chi connectivity index (χ0) is 22.2. The maximum absolute atomic E-state index is 13.0. The molecule has 6 heteroatoms. The van der Waals surface area contributed by atoms with Gasteiger partial charge in [-0.1, -0.05) is 68.6 Å². The zero-order valence-corrected chi connectivity index (χ0v) is 19.5. The summed E-state index contributed by atoms with van der Waals surface area (Å²) >= 11 is 0. The van der Waals surface area contributed by atoms with Crippen LogP contribution in [0.3, 0.4) is 0 Å². The van der Waals surface area contributed by atoms with E-state index in [4.69, 9.17) is 9.26 Å². The maximum atomic E-state index is 13.0. The van der Waals surface area contributed by atoms with Crippen molar-refractivity contribution in [2.24, 2.45) is 5.92 Å². The average Bonchev–Trinajstić information content (AvgIpc) is 3.20. The number of aromatic nitrogens is 1. The van der Waals surface area contributed by atoms with Crippen LogP contribution in [0.2, 0.25) is 0 Å². The van der Waals surface area contributed by atoms with Gasteiger partial charge in [-0.15, -0.1) is 0 Å². The number of rotatable bonds is 10. The van der Waals surface area contributed by atoms with Gasteiger partial charge in [0, 0.05) is 38.7 Å². The second kappa shape index (κ2) is 11.3. The predicted molar refractivity (Wildman–Crippen MR) is 124 cm³/mol. The normalized spacial score (nSPS) is 14.7. The minimum atomic E-state index is 0.138. The zero-order valence-electron chi connectivity index (χ0n) is 19.5. The number of methoxy groups -OCH3 is 1. The highest BCUT2D eigenvalue weighted by molar-refractivity contribution is 5.77. The molecular weight excluding hydrogens is 390 g/mol. The molecule has 0 saturated heterocycles. The largest absolute Gasteiger partial charge is 0.383 e. The summed E-state index contributed by atoms with van der Waals surface area (Å²) in [6.45, 7) is 5.67. The standard InChI is InChI=1S/C25H37N3O3/c1-19(2)17-23(29)28(15-16-30-4)18-22-24(20-11-7-5-8-12-20)26-31-25(22)27(3)21-13-9-6-10-14-21/h5,7-8,11-12,19,21H,6,9-10,13-18H2,1-4H3. The van der Waals surface area contributed by atoms with Crippen LogP contribution in [0.15, 0.2) is 34.9 Å². The number of hydrogen-bond acceptors (Lipinski definition) is 5. The fourth-order valence-corrected chi connectivity index (χ4v) is 4.34. The van der Waals surface area contributed by atoms with E-state index < -0.39 is 0 Å². The van der Waals surface area contributed by atoms with Crippen molar-refractivity contribution in [1.29, 1.82) is 0 Å². The maximum Gasteiger partial charge on any atom is 0.232 e. The first-order valence-electron chi connectivity index (χ1n) is 11.5. The van der Waals surface area contributed by atoms with Crippen molar-refractivity contribution in [3.63, 3.8) is 0 Å². The van der Waals surface area contributed by atoms with Crippen LogP contribution in [0.25, 0.3) is 11.3 Å². The monoisotopic (exact) mass is 427 g/mol. The van der Waals surface area contributed by atoms with Crippen molar-refractivity contribution in [3.8, 4) is 11.3 Å². The molecule has 1 saturated carbocycles. The summed E-state index contributed by atoms with van der Waals surface area (Å²) in [5, 5.41) is 4.47. The lowest BCUT2D eigenvalue weighted by Crippen LogP contribution is -2.36. The van der Waals surface area contributed by atoms with Crippen molar-refractivity contribution in [1.82, 2.24) is 10.1 Å². The van der Waals surface area contributed by atoms with E-state index in [2.05, 4.69) is 31.0 Å². The van der Waals surface area contributed by atoms with Gasteiger partial charge in [0.2, 0.25) is 11.8 Å². The predicted octanol–water partition coefficient (Wildman–Crippen LogP) is 5.13. The molecule has 0 atom stereocenters. The van der Waals surface area contributed by atoms with Crippen LogP contribution in [-0.4, -0.2) is 49.3 Å². The van der Waals surface area contributed by atoms with Crippen LogP contribution in [-0.2, 0) is 16.1 Å². The second-order valence-electron chi connectivity index (χ2n) is 8.99. The van der Waals surface area contributed by atoms with Crippen LogP contribution in [0.4, 0.5) is 5.88 Å². The van der Waals surface area contributed by atoms with Gasteiger partial charge in [-0.3, -0.25) is 4.79 Å². The molecule has 0 radical (unpaired) electrons. The van der Waals surface area contributed by atoms with Gasteiger partial charge in [0.05, 0.1) is 18.7 Å². The molecule has 0 unspecified atom stereocenters. The molecule has 1 aliphatic rings. The lowest BCUT2D eigenvalue weighted by atomic mass is 9.94. The number of anilines is 1. The summed E-state index contributed by atoms with van der Waals surface area (Å²) in [5.41, 5.74) is 2.80. The van der Waals surface area contributed by atoms with Crippen LogP contribution < -0.4 is 4.90 Å². The van der Waals surface area contributed by atoms with Crippen LogP contribution in [0, 0.1) is 5.92 Å². The van der Waals surface area contributed by atoms with Crippen LogP contribution in [0.1, 0.15) is 57.9 Å². The topological polar surface area (TPSA) is 58.8 Å². The lowest BCUT2D eigenvalue weighted by Gasteiger charge is -2.32. The van der Waals surface area contributed by atoms with E-state index >= 15 is 0 Å². The van der Waals surface area contributed by atoms with E-state index in [0.717, 1.165) is 35.5 Å². The summed E-state index contributed by atoms with van der Waals surface area (Å²) < 4.78 is 11.2. The van der Waals surface area contributed by atoms with E-state index in [1.807, 2.05) is 35.2 Å². The molecule has 1 fully saturated rings. The Morgan fingerprint density at radius 2 is 1.90 bits per heavy atom. The van der Waals surface area contributed by atoms with E-state index in [-0.39, 0.29) is 5.91 Å². The highest BCUT2D eigenvalue weighted by Gasteiger charge is 2.28. The number of benzene rings is 1. The Bertz CT molecular complexity index is 813. The summed E-state index contributed by atoms with van der Waals surface area (Å²) in [7, 11) is 3.77. The number of carbonyl (C=O) groups is 1. The minimum absolute atomic E-state index is 0.138. The Morgan fingerprint density at radius 1 is 1.19 bits per heavy atom. The molecule has 31 heavy (non-hydrogen) atoms. The summed E-state index contributed by atoms with van der Waals surface area (Å²) in [6, 6.07) is 10.5. The molecule has 1 aliphatic carbocycles. The molecule has 3 rings (SSSR count). The third-order valence-corrected chi connectivity index (χ3v) is 6.11. The highest BCUT2D eigenvalue weighted by atomic mass is 16.5. The molecule has 1 aromatic heterocycles. The Kier molecular flexibility index (Phi) is 8.52. The Morgan fingerprint density at radius 3 is 2.55 bits per heavy atom. The third kappa shape index (κ3) is 6.10. The third-order valence-electron chi connectivity index (χ3n) is 6.11. The number of nitrogens with zero attached hydrogens (tertiary/aromatic N) is 3. The van der Waals surface area contributed by atoms with Gasteiger partial charge >= 0.3 is 0 Å². The quantitative estimate of drug-likeness (QED) is 0.526. The fourth-order valence-electron chi connectivity index (χ4n) is 4.34. The Balaban J connectivity index is 1.95. The Labute approximate surface area is 186 Å². The smallest absolute Gasteiger partial charge is 0.232 e. The summed E-state index contributed by atoms with van der Waals surface area (Å²) in [4.78, 5) is 17.2. The number of carbonyl (C=O) groups excluding carboxylic acids is 1. The molecule has 2 aromatic rings. The lowest BCUT2D eigenvalue weighted by molar-refractivity contribution is -0.133. The van der Waals surface area contributed by atoms with Gasteiger partial charge in [0.15, 0.2) is 0 Å². The van der Waals surface area contributed by atoms with Crippen molar-refractivity contribution in [3.05, 3.63) is 35.9 Å². The first-order chi connectivity index (χ1) is 15.0. The second-order valence-corrected chi connectivity index (χ2v) is 8.99. The van der Waals surface area contributed by atoms with Crippen molar-refractivity contribution >= 4 is 11.8 Å². The van der Waals surface area contributed by atoms with E-state index in [0.29, 0.717) is 38.1 Å². The number of hydrogen-bond donors (Lipinski definition) is 0. The molecule has 1 amide bonds. The van der Waals surface area contributed by atoms with Crippen LogP contribution >= 0.6 is 0 Å². The van der Waals surface area contributed by atoms with Gasteiger partial charge in [0.25, 0.3) is 0 Å². The highest BCUT2D eigenvalue weighted by Crippen LogP contribution is 2.35. The molecule has 1 heterocycles. The SMILES string of the molecule is COCCN(Cc1c(-c2ccccc2)noc1N(C)C1CCCCC1)C(=O)CC(C)C. The molecule has 0 aliphatic heterocycles. The first kappa shape index (κ1) is 23.3. The number of amides is 1. The summed E-state index contributed by atoms with van der Waals surface area (Å²) in [5.74, 6) is 1.22. The summed E-state index contributed by atoms with van der Waals surface area (Å²) in [6.07, 6.45) is 6.64. The number of ether oxygens (including phenoxy) is 1. The van der Waals surface area contributed by atoms with Gasteiger partial charge in [0.1, 0.15) is 5.69 Å². The van der Waals surface area contributed by atoms with Crippen molar-refractivity contribution in [2.45, 2.75) is 65.0 Å². The van der Waals surface area contributed by atoms with E-state index in [1.54, 1.807) is 7.11 Å². The van der Waals surface area contributed by atoms with Crippen molar-refractivity contribution in [2.75, 3.05) is 32.2 Å². The molecular formula is C25H37N3O3. The van der Waals surface area contributed by atoms with E-state index in [1.165, 1.54) is 19.3 Å². The molecule has 0 bridgehead atoms. The van der Waals surface area contributed by atoms with Gasteiger partial charge in [-0.2, -0.15) is 0 Å². The van der Waals surface area contributed by atoms with Crippen LogP contribution in [0.5, 0.6) is 0 Å². The molecule has 0 N–H and O–H groups in total. The molecule has 1 aromatic carbocycles. The fraction of sp³-hybridized carbons (Fsp3) is 0.600. The average molecular weight is 428 g/mol.